The highest BCUT2D eigenvalue weighted by molar-refractivity contribution is 4.82. The number of rotatable bonds is 0. The summed E-state index contributed by atoms with van der Waals surface area (Å²) in [6.07, 6.45) is 5.65. The predicted octanol–water partition coefficient (Wildman–Crippen LogP) is 4.24. The fourth-order valence-corrected chi connectivity index (χ4v) is 4.11. The smallest absolute Gasteiger partial charge is 0.0593 e. The average molecular weight is 284 g/mol. The molecule has 0 bridgehead atoms. The molecule has 2 saturated carbocycles. The van der Waals surface area contributed by atoms with E-state index in [0.29, 0.717) is 29.1 Å². The predicted molar refractivity (Wildman–Crippen MR) is 85.5 cm³/mol. The molecule has 2 N–H and O–H groups in total. The van der Waals surface area contributed by atoms with Crippen molar-refractivity contribution in [3.8, 4) is 0 Å². The van der Waals surface area contributed by atoms with Crippen LogP contribution in [0.15, 0.2) is 0 Å². The van der Waals surface area contributed by atoms with Gasteiger partial charge in [0.25, 0.3) is 0 Å². The Hall–Kier alpha value is -0.0800. The summed E-state index contributed by atoms with van der Waals surface area (Å²) < 4.78 is 0. The second kappa shape index (κ2) is 7.26. The lowest BCUT2D eigenvalue weighted by Crippen LogP contribution is -2.34. The van der Waals surface area contributed by atoms with E-state index in [-0.39, 0.29) is 12.2 Å². The van der Waals surface area contributed by atoms with Crippen molar-refractivity contribution in [3.05, 3.63) is 0 Å². The van der Waals surface area contributed by atoms with E-state index in [1.165, 1.54) is 19.3 Å². The van der Waals surface area contributed by atoms with Crippen LogP contribution in [0, 0.1) is 29.1 Å². The first-order chi connectivity index (χ1) is 9.12. The summed E-state index contributed by atoms with van der Waals surface area (Å²) in [5.74, 6) is 2.44. The molecule has 2 aliphatic rings. The number of hydrogen-bond donors (Lipinski definition) is 2. The van der Waals surface area contributed by atoms with Crippen LogP contribution in [0.5, 0.6) is 0 Å². The Balaban J connectivity index is 0.000000200. The van der Waals surface area contributed by atoms with Gasteiger partial charge in [0.2, 0.25) is 0 Å². The summed E-state index contributed by atoms with van der Waals surface area (Å²) in [4.78, 5) is 0. The fraction of sp³-hybridized carbons (Fsp3) is 1.00. The Labute approximate surface area is 126 Å². The molecule has 0 aliphatic heterocycles. The van der Waals surface area contributed by atoms with Crippen LogP contribution in [-0.2, 0) is 0 Å². The molecule has 6 atom stereocenters. The van der Waals surface area contributed by atoms with Crippen LogP contribution in [0.3, 0.4) is 0 Å². The molecule has 0 aromatic carbocycles. The Morgan fingerprint density at radius 2 is 1.40 bits per heavy atom. The van der Waals surface area contributed by atoms with Crippen LogP contribution in [0.4, 0.5) is 0 Å². The van der Waals surface area contributed by atoms with Crippen LogP contribution < -0.4 is 0 Å². The molecule has 0 saturated heterocycles. The molecule has 0 amide bonds. The molecule has 2 fully saturated rings. The topological polar surface area (TPSA) is 40.5 Å². The highest BCUT2D eigenvalue weighted by Gasteiger charge is 2.31. The molecule has 0 aromatic rings. The summed E-state index contributed by atoms with van der Waals surface area (Å²) in [7, 11) is 0. The Kier molecular flexibility index (Phi) is 6.53. The third-order valence-corrected chi connectivity index (χ3v) is 5.46. The zero-order chi connectivity index (χ0) is 15.5. The van der Waals surface area contributed by atoms with Gasteiger partial charge < -0.3 is 10.2 Å². The van der Waals surface area contributed by atoms with Gasteiger partial charge >= 0.3 is 0 Å². The highest BCUT2D eigenvalue weighted by Crippen LogP contribution is 2.38. The molecule has 2 aliphatic carbocycles. The summed E-state index contributed by atoms with van der Waals surface area (Å²) in [6, 6.07) is 0. The van der Waals surface area contributed by atoms with Gasteiger partial charge in [-0.15, -0.1) is 0 Å². The van der Waals surface area contributed by atoms with Gasteiger partial charge in [0.15, 0.2) is 0 Å². The summed E-state index contributed by atoms with van der Waals surface area (Å²) in [6.45, 7) is 13.2. The molecule has 2 nitrogen and oxygen atoms in total. The van der Waals surface area contributed by atoms with Crippen molar-refractivity contribution < 1.29 is 10.2 Å². The third kappa shape index (κ3) is 5.37. The molecule has 120 valence electrons. The van der Waals surface area contributed by atoms with Crippen molar-refractivity contribution in [2.75, 3.05) is 0 Å². The third-order valence-electron chi connectivity index (χ3n) is 5.46. The van der Waals surface area contributed by atoms with E-state index < -0.39 is 0 Å². The van der Waals surface area contributed by atoms with Gasteiger partial charge in [0, 0.05) is 0 Å². The van der Waals surface area contributed by atoms with Gasteiger partial charge in [-0.2, -0.15) is 0 Å². The summed E-state index contributed by atoms with van der Waals surface area (Å²) >= 11 is 0. The van der Waals surface area contributed by atoms with Crippen LogP contribution in [-0.4, -0.2) is 22.4 Å². The monoisotopic (exact) mass is 284 g/mol. The number of hydrogen-bond acceptors (Lipinski definition) is 2. The minimum Gasteiger partial charge on any atom is -0.393 e. The first-order valence-electron chi connectivity index (χ1n) is 8.48. The first kappa shape index (κ1) is 18.0. The van der Waals surface area contributed by atoms with Gasteiger partial charge in [-0.3, -0.25) is 0 Å². The van der Waals surface area contributed by atoms with Gasteiger partial charge in [-0.25, -0.2) is 0 Å². The molecular weight excluding hydrogens is 248 g/mol. The average Bonchev–Trinajstić information content (AvgIpc) is 2.29. The normalized spacial score (nSPS) is 44.4. The molecule has 2 heteroatoms. The zero-order valence-corrected chi connectivity index (χ0v) is 14.4. The molecule has 2 rings (SSSR count). The molecule has 6 unspecified atom stereocenters. The highest BCUT2D eigenvalue weighted by atomic mass is 16.3. The molecule has 20 heavy (non-hydrogen) atoms. The van der Waals surface area contributed by atoms with Crippen LogP contribution in [0.1, 0.15) is 73.6 Å². The lowest BCUT2D eigenvalue weighted by Gasteiger charge is -2.36. The van der Waals surface area contributed by atoms with E-state index in [4.69, 9.17) is 0 Å². The maximum atomic E-state index is 9.62. The van der Waals surface area contributed by atoms with Crippen molar-refractivity contribution >= 4 is 0 Å². The van der Waals surface area contributed by atoms with E-state index in [0.717, 1.165) is 12.8 Å². The minimum absolute atomic E-state index is 0.0428. The number of aliphatic hydroxyl groups excluding tert-OH is 2. The van der Waals surface area contributed by atoms with Crippen LogP contribution >= 0.6 is 0 Å². The Morgan fingerprint density at radius 1 is 0.850 bits per heavy atom. The standard InChI is InChI=1S/2C9H18O/c1-7-4-8(10)6-9(2,3)5-7;1-6-4-5-7(2)9(10)8(6)3/h7-8,10H,4-6H2,1-3H3;6-10H,4-5H2,1-3H3. The van der Waals surface area contributed by atoms with Crippen LogP contribution in [0.2, 0.25) is 0 Å². The first-order valence-corrected chi connectivity index (χ1v) is 8.48. The van der Waals surface area contributed by atoms with Crippen molar-refractivity contribution in [1.29, 1.82) is 0 Å². The molecule has 0 radical (unpaired) electrons. The summed E-state index contributed by atoms with van der Waals surface area (Å²) in [5, 5.41) is 19.0. The van der Waals surface area contributed by atoms with E-state index >= 15 is 0 Å². The van der Waals surface area contributed by atoms with Gasteiger partial charge in [-0.1, -0.05) is 48.0 Å². The lowest BCUT2D eigenvalue weighted by atomic mass is 9.72. The van der Waals surface area contributed by atoms with Gasteiger partial charge in [-0.05, 0) is 54.8 Å². The van der Waals surface area contributed by atoms with Crippen molar-refractivity contribution in [2.45, 2.75) is 85.9 Å². The van der Waals surface area contributed by atoms with Gasteiger partial charge in [0.05, 0.1) is 12.2 Å². The van der Waals surface area contributed by atoms with Crippen molar-refractivity contribution in [2.24, 2.45) is 29.1 Å². The minimum atomic E-state index is -0.0521. The Bertz CT molecular complexity index is 261. The maximum Gasteiger partial charge on any atom is 0.0593 e. The Morgan fingerprint density at radius 3 is 1.85 bits per heavy atom. The quantitative estimate of drug-likeness (QED) is 0.698. The largest absolute Gasteiger partial charge is 0.393 e. The second-order valence-electron chi connectivity index (χ2n) is 8.45. The maximum absolute atomic E-state index is 9.62. The molecule has 0 spiro atoms. The van der Waals surface area contributed by atoms with Gasteiger partial charge in [0.1, 0.15) is 0 Å². The SMILES string of the molecule is CC1CC(O)CC(C)(C)C1.CC1CCC(C)C(O)C1C. The van der Waals surface area contributed by atoms with E-state index in [2.05, 4.69) is 41.5 Å². The van der Waals surface area contributed by atoms with Crippen LogP contribution in [0.25, 0.3) is 0 Å². The van der Waals surface area contributed by atoms with E-state index in [9.17, 15) is 10.2 Å². The molecule has 0 heterocycles. The van der Waals surface area contributed by atoms with E-state index in [1.54, 1.807) is 0 Å². The number of aliphatic hydroxyl groups is 2. The van der Waals surface area contributed by atoms with Crippen molar-refractivity contribution in [1.82, 2.24) is 0 Å². The molecular formula is C18H36O2. The summed E-state index contributed by atoms with van der Waals surface area (Å²) in [5.41, 5.74) is 0.372. The van der Waals surface area contributed by atoms with E-state index in [1.807, 2.05) is 0 Å². The fourth-order valence-electron chi connectivity index (χ4n) is 4.11. The van der Waals surface area contributed by atoms with Crippen molar-refractivity contribution in [3.63, 3.8) is 0 Å². The molecule has 0 aromatic heterocycles. The zero-order valence-electron chi connectivity index (χ0n) is 14.4. The lowest BCUT2D eigenvalue weighted by molar-refractivity contribution is 0.00601. The second-order valence-corrected chi connectivity index (χ2v) is 8.45.